The summed E-state index contributed by atoms with van der Waals surface area (Å²) in [5, 5.41) is 7.86. The van der Waals surface area contributed by atoms with E-state index in [1.165, 1.54) is 29.2 Å². The molecule has 4 heterocycles. The van der Waals surface area contributed by atoms with Gasteiger partial charge >= 0.3 is 6.18 Å². The van der Waals surface area contributed by atoms with Crippen LogP contribution in [0, 0.1) is 5.82 Å². The summed E-state index contributed by atoms with van der Waals surface area (Å²) in [6.07, 6.45) is -2.69. The molecule has 3 aromatic carbocycles. The van der Waals surface area contributed by atoms with Crippen LogP contribution in [0.1, 0.15) is 45.5 Å². The number of amides is 3. The van der Waals surface area contributed by atoms with Gasteiger partial charge in [0.15, 0.2) is 9.84 Å². The molecule has 2 saturated heterocycles. The summed E-state index contributed by atoms with van der Waals surface area (Å²) in [5.74, 6) is -2.66. The standard InChI is InChI=1S/C37H36F4N8O5S/c1-55(53,54)27-4-2-3-22(16-27)18-42-33-28(37(39,40)41)19-43-36(46-33)44-25-5-7-26(8-6-25)48-13-11-47(12-14-48)20-23-15-24-21-49(35(52)32(24)29(38)17-23)30-9-10-31(50)45-34(30)51/h2-8,15-17,19,30H,9-14,18,20-21H2,1H3,(H,45,50,51)(H2,42,43,44,46). The van der Waals surface area contributed by atoms with Crippen LogP contribution in [0.5, 0.6) is 0 Å². The molecule has 2 fully saturated rings. The predicted octanol–water partition coefficient (Wildman–Crippen LogP) is 4.48. The SMILES string of the molecule is CS(=O)(=O)c1cccc(CNc2nc(Nc3ccc(N4CCN(Cc5cc(F)c6c(c5)CN(C5CCC(=O)NC5=O)C6=O)CC4)cc3)ncc2C(F)(F)F)c1. The third-order valence-electron chi connectivity index (χ3n) is 9.78. The Bertz CT molecular complexity index is 2260. The molecule has 55 heavy (non-hydrogen) atoms. The second kappa shape index (κ2) is 14.9. The van der Waals surface area contributed by atoms with E-state index in [1.54, 1.807) is 24.3 Å². The van der Waals surface area contributed by atoms with E-state index in [4.69, 9.17) is 0 Å². The van der Waals surface area contributed by atoms with Crippen molar-refractivity contribution in [1.82, 2.24) is 25.1 Å². The second-order valence-electron chi connectivity index (χ2n) is 13.7. The molecular formula is C37H36F4N8O5S. The number of piperazine rings is 1. The minimum atomic E-state index is -4.74. The summed E-state index contributed by atoms with van der Waals surface area (Å²) in [4.78, 5) is 50.6. The largest absolute Gasteiger partial charge is 0.421 e. The van der Waals surface area contributed by atoms with Crippen LogP contribution in [0.3, 0.4) is 0 Å². The van der Waals surface area contributed by atoms with Crippen molar-refractivity contribution in [2.75, 3.05) is 48.0 Å². The van der Waals surface area contributed by atoms with Gasteiger partial charge < -0.3 is 20.4 Å². The number of imide groups is 1. The third-order valence-corrected chi connectivity index (χ3v) is 10.9. The summed E-state index contributed by atoms with van der Waals surface area (Å²) in [7, 11) is -3.50. The Hall–Kier alpha value is -5.62. The average molecular weight is 781 g/mol. The molecule has 3 aliphatic rings. The van der Waals surface area contributed by atoms with Crippen LogP contribution in [-0.2, 0) is 45.2 Å². The van der Waals surface area contributed by atoms with Crippen molar-refractivity contribution in [2.24, 2.45) is 0 Å². The average Bonchev–Trinajstić information content (AvgIpc) is 3.46. The van der Waals surface area contributed by atoms with Crippen molar-refractivity contribution in [1.29, 1.82) is 0 Å². The number of carbonyl (C=O) groups is 3. The molecule has 0 radical (unpaired) electrons. The number of hydrogen-bond acceptors (Lipinski definition) is 11. The molecule has 1 unspecified atom stereocenters. The molecule has 0 aliphatic carbocycles. The van der Waals surface area contributed by atoms with Crippen molar-refractivity contribution in [3.05, 3.63) is 100 Å². The topological polar surface area (TPSA) is 157 Å². The van der Waals surface area contributed by atoms with E-state index in [-0.39, 0.29) is 48.2 Å². The molecule has 0 spiro atoms. The Morgan fingerprint density at radius 3 is 2.40 bits per heavy atom. The lowest BCUT2D eigenvalue weighted by atomic mass is 10.0. The van der Waals surface area contributed by atoms with E-state index in [9.17, 15) is 36.0 Å². The van der Waals surface area contributed by atoms with Gasteiger partial charge in [-0.25, -0.2) is 17.8 Å². The van der Waals surface area contributed by atoms with E-state index in [2.05, 4.69) is 35.7 Å². The lowest BCUT2D eigenvalue weighted by Gasteiger charge is -2.36. The van der Waals surface area contributed by atoms with Crippen LogP contribution in [0.4, 0.5) is 40.7 Å². The zero-order chi connectivity index (χ0) is 39.1. The number of carbonyl (C=O) groups excluding carboxylic acids is 3. The molecule has 288 valence electrons. The van der Waals surface area contributed by atoms with Gasteiger partial charge in [-0.1, -0.05) is 18.2 Å². The van der Waals surface area contributed by atoms with Gasteiger partial charge in [-0.3, -0.25) is 24.6 Å². The second-order valence-corrected chi connectivity index (χ2v) is 15.7. The molecule has 4 aromatic rings. The Balaban J connectivity index is 0.949. The Labute approximate surface area is 313 Å². The van der Waals surface area contributed by atoms with Crippen molar-refractivity contribution < 1.29 is 40.4 Å². The van der Waals surface area contributed by atoms with Gasteiger partial charge in [-0.2, -0.15) is 18.2 Å². The van der Waals surface area contributed by atoms with Gasteiger partial charge in [0.05, 0.1) is 10.5 Å². The molecule has 0 bridgehead atoms. The van der Waals surface area contributed by atoms with Gasteiger partial charge in [-0.15, -0.1) is 0 Å². The van der Waals surface area contributed by atoms with Crippen LogP contribution >= 0.6 is 0 Å². The number of hydrogen-bond donors (Lipinski definition) is 3. The van der Waals surface area contributed by atoms with E-state index < -0.39 is 51.1 Å². The minimum Gasteiger partial charge on any atom is -0.369 e. The first kappa shape index (κ1) is 37.7. The monoisotopic (exact) mass is 780 g/mol. The molecular weight excluding hydrogens is 745 g/mol. The third kappa shape index (κ3) is 8.39. The molecule has 1 atom stereocenters. The molecule has 3 aliphatic heterocycles. The summed E-state index contributed by atoms with van der Waals surface area (Å²) in [6.45, 7) is 3.14. The molecule has 7 rings (SSSR count). The number of sulfone groups is 1. The number of aromatic nitrogens is 2. The Morgan fingerprint density at radius 1 is 0.964 bits per heavy atom. The molecule has 3 N–H and O–H groups in total. The first-order valence-corrected chi connectivity index (χ1v) is 19.3. The number of fused-ring (bicyclic) bond motifs is 1. The van der Waals surface area contributed by atoms with Crippen LogP contribution in [0.2, 0.25) is 0 Å². The van der Waals surface area contributed by atoms with Gasteiger partial charge in [0, 0.05) is 76.1 Å². The fourth-order valence-corrected chi connectivity index (χ4v) is 7.67. The highest BCUT2D eigenvalue weighted by atomic mass is 32.2. The lowest BCUT2D eigenvalue weighted by Crippen LogP contribution is -2.52. The zero-order valence-corrected chi connectivity index (χ0v) is 30.3. The number of alkyl halides is 3. The maximum atomic E-state index is 15.2. The number of piperidine rings is 1. The van der Waals surface area contributed by atoms with E-state index in [0.29, 0.717) is 61.3 Å². The normalized spacial score (nSPS) is 18.0. The van der Waals surface area contributed by atoms with Crippen LogP contribution in [0.25, 0.3) is 0 Å². The van der Waals surface area contributed by atoms with Crippen molar-refractivity contribution in [3.8, 4) is 0 Å². The molecule has 1 aromatic heterocycles. The number of nitrogens with one attached hydrogen (secondary N) is 3. The molecule has 18 heteroatoms. The predicted molar refractivity (Wildman–Crippen MR) is 194 cm³/mol. The number of nitrogens with zero attached hydrogens (tertiary/aromatic N) is 5. The summed E-state index contributed by atoms with van der Waals surface area (Å²) in [6, 6.07) is 15.5. The minimum absolute atomic E-state index is 0.0343. The van der Waals surface area contributed by atoms with Crippen LogP contribution in [-0.4, -0.2) is 84.4 Å². The summed E-state index contributed by atoms with van der Waals surface area (Å²) < 4.78 is 80.5. The van der Waals surface area contributed by atoms with Crippen molar-refractivity contribution >= 4 is 50.7 Å². The Morgan fingerprint density at radius 2 is 1.71 bits per heavy atom. The highest BCUT2D eigenvalue weighted by Gasteiger charge is 2.41. The van der Waals surface area contributed by atoms with E-state index in [1.807, 2.05) is 12.1 Å². The van der Waals surface area contributed by atoms with E-state index in [0.717, 1.165) is 11.9 Å². The fraction of sp³-hybridized carbons (Fsp3) is 0.324. The van der Waals surface area contributed by atoms with Gasteiger partial charge in [-0.05, 0) is 65.6 Å². The summed E-state index contributed by atoms with van der Waals surface area (Å²) >= 11 is 0. The first-order valence-electron chi connectivity index (χ1n) is 17.4. The quantitative estimate of drug-likeness (QED) is 0.154. The summed E-state index contributed by atoms with van der Waals surface area (Å²) in [5.41, 5.74) is 2.05. The van der Waals surface area contributed by atoms with Gasteiger partial charge in [0.25, 0.3) is 5.91 Å². The highest BCUT2D eigenvalue weighted by Crippen LogP contribution is 2.35. The molecule has 3 amide bonds. The number of rotatable bonds is 10. The lowest BCUT2D eigenvalue weighted by molar-refractivity contribution is -0.138. The van der Waals surface area contributed by atoms with Crippen molar-refractivity contribution in [3.63, 3.8) is 0 Å². The smallest absolute Gasteiger partial charge is 0.369 e. The zero-order valence-electron chi connectivity index (χ0n) is 29.5. The highest BCUT2D eigenvalue weighted by molar-refractivity contribution is 7.90. The maximum Gasteiger partial charge on any atom is 0.421 e. The number of anilines is 4. The molecule has 0 saturated carbocycles. The number of benzene rings is 3. The van der Waals surface area contributed by atoms with Gasteiger partial charge in [0.1, 0.15) is 23.2 Å². The fourth-order valence-electron chi connectivity index (χ4n) is 6.97. The van der Waals surface area contributed by atoms with E-state index >= 15 is 4.39 Å². The first-order chi connectivity index (χ1) is 26.1. The number of halogens is 4. The molecule has 13 nitrogen and oxygen atoms in total. The van der Waals surface area contributed by atoms with Gasteiger partial charge in [0.2, 0.25) is 17.8 Å². The Kier molecular flexibility index (Phi) is 10.2. The van der Waals surface area contributed by atoms with Crippen molar-refractivity contribution in [2.45, 2.75) is 49.6 Å². The maximum absolute atomic E-state index is 15.2. The van der Waals surface area contributed by atoms with Crippen LogP contribution in [0.15, 0.2) is 71.8 Å². The van der Waals surface area contributed by atoms with Crippen LogP contribution < -0.4 is 20.9 Å².